The van der Waals surface area contributed by atoms with E-state index in [0.29, 0.717) is 17.0 Å². The van der Waals surface area contributed by atoms with Crippen molar-refractivity contribution in [3.63, 3.8) is 0 Å². The maximum atomic E-state index is 13.0. The molecule has 0 saturated carbocycles. The summed E-state index contributed by atoms with van der Waals surface area (Å²) in [5.74, 6) is 0.0598. The third-order valence-corrected chi connectivity index (χ3v) is 4.53. The third-order valence-electron chi connectivity index (χ3n) is 4.53. The molecule has 0 amide bonds. The van der Waals surface area contributed by atoms with E-state index >= 15 is 0 Å². The Morgan fingerprint density at radius 3 is 3.00 bits per heavy atom. The van der Waals surface area contributed by atoms with E-state index in [9.17, 15) is 10.1 Å². The Bertz CT molecular complexity index is 947. The summed E-state index contributed by atoms with van der Waals surface area (Å²) in [7, 11) is 0. The average molecular weight is 320 g/mol. The van der Waals surface area contributed by atoms with Crippen molar-refractivity contribution in [3.8, 4) is 6.07 Å². The minimum absolute atomic E-state index is 0.290. The Morgan fingerprint density at radius 1 is 1.25 bits per heavy atom. The summed E-state index contributed by atoms with van der Waals surface area (Å²) in [6.45, 7) is 0.759. The molecule has 1 aromatic carbocycles. The molecule has 2 aromatic heterocycles. The van der Waals surface area contributed by atoms with E-state index < -0.39 is 5.92 Å². The fourth-order valence-electron chi connectivity index (χ4n) is 3.28. The zero-order valence-electron chi connectivity index (χ0n) is 13.1. The number of para-hydroxylation sites is 1. The van der Waals surface area contributed by atoms with Gasteiger partial charge in [-0.1, -0.05) is 24.6 Å². The van der Waals surface area contributed by atoms with Crippen LogP contribution in [0.2, 0.25) is 0 Å². The van der Waals surface area contributed by atoms with E-state index in [1.807, 2.05) is 22.8 Å². The molecular weight excluding hydrogens is 304 g/mol. The normalized spacial score (nSPS) is 15.5. The number of rotatable bonds is 3. The highest BCUT2D eigenvalue weighted by Gasteiger charge is 2.30. The predicted octanol–water partition coefficient (Wildman–Crippen LogP) is 3.24. The molecule has 1 unspecified atom stereocenters. The molecule has 6 heteroatoms. The lowest BCUT2D eigenvalue weighted by molar-refractivity contribution is 0.0975. The van der Waals surface area contributed by atoms with Crippen molar-refractivity contribution in [3.05, 3.63) is 47.7 Å². The number of furan rings is 1. The molecule has 120 valence electrons. The van der Waals surface area contributed by atoms with Gasteiger partial charge in [0.15, 0.2) is 17.5 Å². The number of aryl methyl sites for hydroxylation is 1. The number of aromatic nitrogens is 3. The fraction of sp³-hybridized carbons (Fsp3) is 0.333. The highest BCUT2D eigenvalue weighted by atomic mass is 16.3. The number of benzene rings is 1. The first kappa shape index (κ1) is 14.6. The molecule has 1 aliphatic rings. The highest BCUT2D eigenvalue weighted by Crippen LogP contribution is 2.28. The zero-order valence-corrected chi connectivity index (χ0v) is 13.1. The van der Waals surface area contributed by atoms with Gasteiger partial charge in [-0.05, 0) is 18.9 Å². The Kier molecular flexibility index (Phi) is 3.62. The molecule has 24 heavy (non-hydrogen) atoms. The smallest absolute Gasteiger partial charge is 0.191 e. The van der Waals surface area contributed by atoms with Gasteiger partial charge in [0.1, 0.15) is 17.7 Å². The number of carbonyl (C=O) groups excluding carboxylic acids is 1. The number of nitrogens with zero attached hydrogens (tertiary/aromatic N) is 4. The summed E-state index contributed by atoms with van der Waals surface area (Å²) in [6, 6.07) is 9.43. The summed E-state index contributed by atoms with van der Waals surface area (Å²) in [5, 5.41) is 18.7. The average Bonchev–Trinajstić information content (AvgIpc) is 3.13. The van der Waals surface area contributed by atoms with Gasteiger partial charge in [-0.3, -0.25) is 4.79 Å². The lowest BCUT2D eigenvalue weighted by Crippen LogP contribution is -2.17. The number of hydrogen-bond acceptors (Lipinski definition) is 5. The molecule has 3 aromatic rings. The topological polar surface area (TPSA) is 84.7 Å². The minimum atomic E-state index is -0.967. The molecular formula is C18H16N4O2. The van der Waals surface area contributed by atoms with Gasteiger partial charge in [0.2, 0.25) is 0 Å². The van der Waals surface area contributed by atoms with Crippen LogP contribution in [0.5, 0.6) is 0 Å². The number of ketones is 1. The molecule has 0 radical (unpaired) electrons. The first-order chi connectivity index (χ1) is 11.8. The molecule has 0 spiro atoms. The first-order valence-electron chi connectivity index (χ1n) is 8.11. The van der Waals surface area contributed by atoms with Crippen LogP contribution in [0.4, 0.5) is 0 Å². The number of Topliss-reactive ketones (excluding diaryl/α,β-unsaturated/α-hetero) is 1. The van der Waals surface area contributed by atoms with Crippen molar-refractivity contribution in [1.82, 2.24) is 14.8 Å². The molecule has 1 aliphatic heterocycles. The van der Waals surface area contributed by atoms with Crippen molar-refractivity contribution in [2.24, 2.45) is 0 Å². The van der Waals surface area contributed by atoms with Crippen LogP contribution in [0.1, 0.15) is 47.2 Å². The summed E-state index contributed by atoms with van der Waals surface area (Å²) >= 11 is 0. The zero-order chi connectivity index (χ0) is 16.5. The summed E-state index contributed by atoms with van der Waals surface area (Å²) in [5.41, 5.74) is 1.06. The summed E-state index contributed by atoms with van der Waals surface area (Å²) in [6.07, 6.45) is 5.47. The molecule has 4 rings (SSSR count). The van der Waals surface area contributed by atoms with Crippen LogP contribution in [0.3, 0.4) is 0 Å². The van der Waals surface area contributed by atoms with Gasteiger partial charge in [0, 0.05) is 18.4 Å². The molecule has 0 saturated heterocycles. The van der Waals surface area contributed by atoms with Gasteiger partial charge in [0.05, 0.1) is 11.6 Å². The second-order valence-electron chi connectivity index (χ2n) is 6.01. The Hall–Kier alpha value is -2.94. The minimum Gasteiger partial charge on any atom is -0.464 e. The molecule has 0 fully saturated rings. The second-order valence-corrected chi connectivity index (χ2v) is 6.01. The third kappa shape index (κ3) is 2.29. The van der Waals surface area contributed by atoms with Crippen molar-refractivity contribution < 1.29 is 9.21 Å². The van der Waals surface area contributed by atoms with Crippen LogP contribution in [-0.4, -0.2) is 20.5 Å². The van der Waals surface area contributed by atoms with Gasteiger partial charge < -0.3 is 8.98 Å². The number of fused-ring (bicyclic) bond motifs is 2. The van der Waals surface area contributed by atoms with E-state index in [4.69, 9.17) is 4.42 Å². The van der Waals surface area contributed by atoms with E-state index in [-0.39, 0.29) is 5.78 Å². The van der Waals surface area contributed by atoms with Gasteiger partial charge in [0.25, 0.3) is 0 Å². The van der Waals surface area contributed by atoms with E-state index in [0.717, 1.165) is 43.4 Å². The van der Waals surface area contributed by atoms with Crippen LogP contribution < -0.4 is 0 Å². The van der Waals surface area contributed by atoms with Crippen LogP contribution in [0.15, 0.2) is 34.9 Å². The van der Waals surface area contributed by atoms with Crippen LogP contribution >= 0.6 is 0 Å². The Labute approximate surface area is 138 Å². The quantitative estimate of drug-likeness (QED) is 0.692. The highest BCUT2D eigenvalue weighted by molar-refractivity contribution is 6.10. The van der Waals surface area contributed by atoms with Gasteiger partial charge >= 0.3 is 0 Å². The van der Waals surface area contributed by atoms with Gasteiger partial charge in [-0.15, -0.1) is 10.2 Å². The van der Waals surface area contributed by atoms with Gasteiger partial charge in [-0.2, -0.15) is 5.26 Å². The maximum absolute atomic E-state index is 13.0. The van der Waals surface area contributed by atoms with E-state index in [2.05, 4.69) is 16.3 Å². The second kappa shape index (κ2) is 5.93. The largest absolute Gasteiger partial charge is 0.464 e. The molecule has 3 heterocycles. The summed E-state index contributed by atoms with van der Waals surface area (Å²) < 4.78 is 7.39. The van der Waals surface area contributed by atoms with E-state index in [1.165, 1.54) is 6.26 Å². The number of hydrogen-bond donors (Lipinski definition) is 0. The standard InChI is InChI=1S/C18H16N4O2/c19-10-13(18-21-20-16-8-2-1-5-9-22(16)18)17(23)14-11-24-15-7-4-3-6-12(14)15/h3-4,6-7,11,13H,1-2,5,8-9H2. The first-order valence-corrected chi connectivity index (χ1v) is 8.11. The monoisotopic (exact) mass is 320 g/mol. The molecule has 6 nitrogen and oxygen atoms in total. The van der Waals surface area contributed by atoms with Crippen LogP contribution in [0.25, 0.3) is 11.0 Å². The Balaban J connectivity index is 1.76. The lowest BCUT2D eigenvalue weighted by Gasteiger charge is -2.10. The predicted molar refractivity (Wildman–Crippen MR) is 86.5 cm³/mol. The lowest BCUT2D eigenvalue weighted by atomic mass is 9.97. The van der Waals surface area contributed by atoms with E-state index in [1.54, 1.807) is 6.07 Å². The number of carbonyl (C=O) groups is 1. The molecule has 0 aliphatic carbocycles. The molecule has 1 atom stereocenters. The Morgan fingerprint density at radius 2 is 2.12 bits per heavy atom. The molecule has 0 N–H and O–H groups in total. The van der Waals surface area contributed by atoms with Crippen molar-refractivity contribution in [1.29, 1.82) is 5.26 Å². The van der Waals surface area contributed by atoms with Gasteiger partial charge in [-0.25, -0.2) is 0 Å². The fourth-order valence-corrected chi connectivity index (χ4v) is 3.28. The van der Waals surface area contributed by atoms with Crippen LogP contribution in [0, 0.1) is 11.3 Å². The van der Waals surface area contributed by atoms with Crippen molar-refractivity contribution >= 4 is 16.8 Å². The van der Waals surface area contributed by atoms with Crippen LogP contribution in [-0.2, 0) is 13.0 Å². The summed E-state index contributed by atoms with van der Waals surface area (Å²) in [4.78, 5) is 13.0. The maximum Gasteiger partial charge on any atom is 0.191 e. The molecule has 0 bridgehead atoms. The van der Waals surface area contributed by atoms with Crippen molar-refractivity contribution in [2.45, 2.75) is 38.1 Å². The van der Waals surface area contributed by atoms with Crippen molar-refractivity contribution in [2.75, 3.05) is 0 Å². The SMILES string of the molecule is N#CC(C(=O)c1coc2ccccc12)c1nnc2n1CCCCC2. The number of nitriles is 1.